The van der Waals surface area contributed by atoms with E-state index in [1.54, 1.807) is 0 Å². The van der Waals surface area contributed by atoms with E-state index in [0.29, 0.717) is 19.1 Å². The summed E-state index contributed by atoms with van der Waals surface area (Å²) in [6.07, 6.45) is 7.70. The molecule has 2 unspecified atom stereocenters. The molecule has 0 amide bonds. The van der Waals surface area contributed by atoms with E-state index in [1.807, 2.05) is 6.92 Å². The van der Waals surface area contributed by atoms with Crippen molar-refractivity contribution >= 4 is 0 Å². The molecule has 0 saturated heterocycles. The average Bonchev–Trinajstić information content (AvgIpc) is 2.89. The van der Waals surface area contributed by atoms with Gasteiger partial charge in [0.2, 0.25) is 11.7 Å². The van der Waals surface area contributed by atoms with Crippen molar-refractivity contribution in [3.05, 3.63) is 11.7 Å². The minimum Gasteiger partial charge on any atom is -0.367 e. The molecule has 2 aliphatic carbocycles. The van der Waals surface area contributed by atoms with Crippen LogP contribution in [0.2, 0.25) is 0 Å². The van der Waals surface area contributed by atoms with Crippen LogP contribution in [0.3, 0.4) is 0 Å². The summed E-state index contributed by atoms with van der Waals surface area (Å²) >= 11 is 0. The van der Waals surface area contributed by atoms with Crippen LogP contribution in [0.5, 0.6) is 0 Å². The Bertz CT molecular complexity index is 474. The molecule has 2 N–H and O–H groups in total. The fourth-order valence-corrected chi connectivity index (χ4v) is 3.91. The molecule has 5 heteroatoms. The van der Waals surface area contributed by atoms with Gasteiger partial charge in [0.15, 0.2) is 0 Å². The Morgan fingerprint density at radius 1 is 1.33 bits per heavy atom. The van der Waals surface area contributed by atoms with E-state index >= 15 is 0 Å². The van der Waals surface area contributed by atoms with Crippen molar-refractivity contribution in [2.24, 2.45) is 11.7 Å². The number of hydrogen-bond acceptors (Lipinski definition) is 5. The number of nitrogens with zero attached hydrogens (tertiary/aromatic N) is 2. The Balaban J connectivity index is 1.88. The third kappa shape index (κ3) is 2.50. The second-order valence-corrected chi connectivity index (χ2v) is 6.89. The van der Waals surface area contributed by atoms with E-state index in [2.05, 4.69) is 12.1 Å². The number of aromatic nitrogens is 2. The Kier molecular flexibility index (Phi) is 4.06. The van der Waals surface area contributed by atoms with E-state index in [9.17, 15) is 0 Å². The van der Waals surface area contributed by atoms with Crippen molar-refractivity contribution in [2.75, 3.05) is 13.2 Å². The van der Waals surface area contributed by atoms with Crippen LogP contribution in [0.25, 0.3) is 0 Å². The van der Waals surface area contributed by atoms with Crippen LogP contribution < -0.4 is 5.73 Å². The van der Waals surface area contributed by atoms with E-state index in [4.69, 9.17) is 20.0 Å². The van der Waals surface area contributed by atoms with Gasteiger partial charge in [0, 0.05) is 13.2 Å². The normalized spacial score (nSPS) is 31.9. The van der Waals surface area contributed by atoms with Gasteiger partial charge in [-0.25, -0.2) is 0 Å². The second kappa shape index (κ2) is 5.69. The monoisotopic (exact) mass is 293 g/mol. The van der Waals surface area contributed by atoms with Crippen LogP contribution in [0, 0.1) is 5.92 Å². The van der Waals surface area contributed by atoms with Crippen molar-refractivity contribution in [1.82, 2.24) is 10.1 Å². The summed E-state index contributed by atoms with van der Waals surface area (Å²) in [6, 6.07) is 0. The zero-order valence-corrected chi connectivity index (χ0v) is 13.2. The molecule has 118 valence electrons. The van der Waals surface area contributed by atoms with Crippen molar-refractivity contribution < 1.29 is 9.26 Å². The Labute approximate surface area is 126 Å². The topological polar surface area (TPSA) is 74.2 Å². The Morgan fingerprint density at radius 2 is 2.14 bits per heavy atom. The zero-order chi connectivity index (χ0) is 14.9. The third-order valence-corrected chi connectivity index (χ3v) is 5.36. The predicted octanol–water partition coefficient (Wildman–Crippen LogP) is 2.89. The van der Waals surface area contributed by atoms with Gasteiger partial charge >= 0.3 is 0 Å². The fourth-order valence-electron chi connectivity index (χ4n) is 3.91. The van der Waals surface area contributed by atoms with Crippen molar-refractivity contribution in [2.45, 2.75) is 69.8 Å². The first-order valence-corrected chi connectivity index (χ1v) is 8.33. The van der Waals surface area contributed by atoms with Gasteiger partial charge in [-0.05, 0) is 44.9 Å². The third-order valence-electron chi connectivity index (χ3n) is 5.36. The van der Waals surface area contributed by atoms with Crippen LogP contribution >= 0.6 is 0 Å². The maximum absolute atomic E-state index is 6.12. The van der Waals surface area contributed by atoms with Crippen LogP contribution in [0.4, 0.5) is 0 Å². The molecule has 1 aromatic heterocycles. The molecule has 0 aromatic carbocycles. The predicted molar refractivity (Wildman–Crippen MR) is 79.8 cm³/mol. The fraction of sp³-hybridized carbons (Fsp3) is 0.875. The number of hydrogen-bond donors (Lipinski definition) is 1. The van der Waals surface area contributed by atoms with Gasteiger partial charge in [-0.2, -0.15) is 4.98 Å². The molecule has 2 fully saturated rings. The largest absolute Gasteiger partial charge is 0.367 e. The molecular formula is C16H27N3O2. The molecule has 1 heterocycles. The summed E-state index contributed by atoms with van der Waals surface area (Å²) in [5.74, 6) is 2.11. The number of ether oxygens (including phenoxy) is 1. The summed E-state index contributed by atoms with van der Waals surface area (Å²) in [7, 11) is 0. The molecule has 0 radical (unpaired) electrons. The highest BCUT2D eigenvalue weighted by Gasteiger charge is 2.46. The van der Waals surface area contributed by atoms with Gasteiger partial charge in [-0.15, -0.1) is 0 Å². The molecule has 0 spiro atoms. The van der Waals surface area contributed by atoms with Gasteiger partial charge in [0.25, 0.3) is 0 Å². The Morgan fingerprint density at radius 3 is 2.71 bits per heavy atom. The second-order valence-electron chi connectivity index (χ2n) is 6.89. The van der Waals surface area contributed by atoms with Crippen LogP contribution in [0.15, 0.2) is 4.52 Å². The van der Waals surface area contributed by atoms with Gasteiger partial charge in [-0.1, -0.05) is 24.9 Å². The number of nitrogens with two attached hydrogens (primary N) is 1. The van der Waals surface area contributed by atoms with E-state index in [-0.39, 0.29) is 11.0 Å². The lowest BCUT2D eigenvalue weighted by Crippen LogP contribution is -2.42. The molecule has 21 heavy (non-hydrogen) atoms. The van der Waals surface area contributed by atoms with Crippen LogP contribution in [0.1, 0.15) is 70.5 Å². The van der Waals surface area contributed by atoms with Crippen LogP contribution in [-0.2, 0) is 15.8 Å². The van der Waals surface area contributed by atoms with Gasteiger partial charge in [-0.3, -0.25) is 0 Å². The zero-order valence-electron chi connectivity index (χ0n) is 13.2. The van der Waals surface area contributed by atoms with Crippen molar-refractivity contribution in [3.8, 4) is 0 Å². The van der Waals surface area contributed by atoms with Gasteiger partial charge < -0.3 is 15.0 Å². The highest BCUT2D eigenvalue weighted by Crippen LogP contribution is 2.45. The maximum atomic E-state index is 6.12. The quantitative estimate of drug-likeness (QED) is 0.903. The molecule has 0 aliphatic heterocycles. The average molecular weight is 293 g/mol. The molecular weight excluding hydrogens is 266 g/mol. The molecule has 1 aromatic rings. The molecule has 2 atom stereocenters. The van der Waals surface area contributed by atoms with Crippen LogP contribution in [-0.4, -0.2) is 23.3 Å². The lowest BCUT2D eigenvalue weighted by Gasteiger charge is -2.38. The smallest absolute Gasteiger partial charge is 0.234 e. The summed E-state index contributed by atoms with van der Waals surface area (Å²) in [4.78, 5) is 4.74. The van der Waals surface area contributed by atoms with Gasteiger partial charge in [0.05, 0.1) is 5.41 Å². The summed E-state index contributed by atoms with van der Waals surface area (Å²) in [5, 5.41) is 4.29. The van der Waals surface area contributed by atoms with E-state index in [1.165, 1.54) is 12.8 Å². The number of rotatable bonds is 5. The van der Waals surface area contributed by atoms with Crippen molar-refractivity contribution in [3.63, 3.8) is 0 Å². The molecule has 3 rings (SSSR count). The molecule has 2 aliphatic rings. The van der Waals surface area contributed by atoms with E-state index < -0.39 is 0 Å². The molecule has 2 saturated carbocycles. The Hall–Kier alpha value is -0.940. The summed E-state index contributed by atoms with van der Waals surface area (Å²) in [5.41, 5.74) is 5.52. The lowest BCUT2D eigenvalue weighted by molar-refractivity contribution is -0.0891. The minimum atomic E-state index is -0.353. The maximum Gasteiger partial charge on any atom is 0.234 e. The highest BCUT2D eigenvalue weighted by atomic mass is 16.5. The SMILES string of the molecule is CCOC1(c2noc(C3(CN)CCC3)n2)CCCC(C)C1. The summed E-state index contributed by atoms with van der Waals surface area (Å²) in [6.45, 7) is 5.59. The molecule has 0 bridgehead atoms. The minimum absolute atomic E-state index is 0.0705. The van der Waals surface area contributed by atoms with Gasteiger partial charge in [0.1, 0.15) is 5.60 Å². The standard InChI is InChI=1S/C16H27N3O2/c1-3-20-16(9-4-6-12(2)10-16)13-18-14(21-19-13)15(11-17)7-5-8-15/h12H,3-11,17H2,1-2H3. The van der Waals surface area contributed by atoms with Crippen molar-refractivity contribution in [1.29, 1.82) is 0 Å². The first-order chi connectivity index (χ1) is 10.1. The highest BCUT2D eigenvalue weighted by molar-refractivity contribution is 5.14. The molecule has 5 nitrogen and oxygen atoms in total. The summed E-state index contributed by atoms with van der Waals surface area (Å²) < 4.78 is 11.7. The first-order valence-electron chi connectivity index (χ1n) is 8.33. The first kappa shape index (κ1) is 15.0. The van der Waals surface area contributed by atoms with E-state index in [0.717, 1.165) is 43.8 Å². The lowest BCUT2D eigenvalue weighted by atomic mass is 9.68.